The van der Waals surface area contributed by atoms with E-state index in [4.69, 9.17) is 0 Å². The molecule has 2 aromatic carbocycles. The van der Waals surface area contributed by atoms with Gasteiger partial charge in [0, 0.05) is 61.4 Å². The molecule has 0 spiro atoms. The van der Waals surface area contributed by atoms with Crippen LogP contribution in [-0.2, 0) is 75.3 Å². The van der Waals surface area contributed by atoms with Crippen molar-refractivity contribution in [3.8, 4) is 0 Å². The molecule has 0 radical (unpaired) electrons. The lowest BCUT2D eigenvalue weighted by Gasteiger charge is -2.35. The van der Waals surface area contributed by atoms with E-state index >= 15 is 0 Å². The second-order valence-corrected chi connectivity index (χ2v) is 23.2. The number of aromatic amines is 1. The molecule has 13 amide bonds. The minimum Gasteiger partial charge on any atom is -0.394 e. The second kappa shape index (κ2) is 32.7. The zero-order valence-corrected chi connectivity index (χ0v) is 51.2. The zero-order chi connectivity index (χ0) is 64.4. The molecule has 3 fully saturated rings. The molecule has 31 heteroatoms. The third-order valence-electron chi connectivity index (χ3n) is 15.4. The fraction of sp³-hybridized carbons (Fsp3) is 0.526. The minimum atomic E-state index is -1.58. The SMILES string of the molecule is CC[C@H](C)[C@@H]1NC(=O)CNC(=O)[C@@H](Cc2c(SC)[nH]c3ccccc23)NC(=O)[C@H]([C@@H](C)[C@@H](O)CO)NC2CCCN2C(=O)[C@H](CC(=O)NCc2ccc(NC(=O)[C@H](C)NC(=O)CNC(=O)CCN3C(=O)CC(S)C3=O)cc2)NC(=O)CNC(=O)CNC1=O. The maximum absolute atomic E-state index is 14.8. The number of imide groups is 1. The van der Waals surface area contributed by atoms with Crippen LogP contribution in [0.3, 0.4) is 0 Å². The van der Waals surface area contributed by atoms with Crippen molar-refractivity contribution in [3.05, 3.63) is 59.7 Å². The standard InChI is InChI=1S/C57H78N14O15S2/c1-6-29(2)49-53(83)62-24-44(76)60-26-46(78)65-38(21-43(75)58-23-32-13-15-33(16-14-32)64-51(81)31(4)63-45(77)25-59-42(74)17-19-71-48(80)22-40(87)57(71)86)56(85)70-18-9-12-41(70)68-50(30(3)39(73)28-72)54(84)66-37(52(82)61-27-47(79)69-49)20-35-34-10-7-8-11-36(34)67-55(35)88-5/h7-8,10-11,13-16,29-31,37-41,49-50,67-68,72-73,87H,6,9,12,17-28H2,1-5H3,(H,58,75)(H,59,74)(H,60,76)(H,61,82)(H,62,83)(H,63,77)(H,64,81)(H,65,78)(H,66,84)(H,69,79)/t29-,30-,31-,37+,38-,39-,40?,41?,49-,50-/m0/s1. The Balaban J connectivity index is 1.16. The van der Waals surface area contributed by atoms with Crippen LogP contribution in [0.4, 0.5) is 5.69 Å². The van der Waals surface area contributed by atoms with Gasteiger partial charge in [-0.15, -0.1) is 11.8 Å². The van der Waals surface area contributed by atoms with Crippen LogP contribution in [0.2, 0.25) is 0 Å². The largest absolute Gasteiger partial charge is 0.394 e. The van der Waals surface area contributed by atoms with Crippen molar-refractivity contribution in [1.82, 2.24) is 68.0 Å². The van der Waals surface area contributed by atoms with E-state index in [1.54, 1.807) is 26.0 Å². The molecule has 478 valence electrons. The maximum Gasteiger partial charge on any atom is 0.246 e. The van der Waals surface area contributed by atoms with E-state index < -0.39 is 176 Å². The summed E-state index contributed by atoms with van der Waals surface area (Å²) in [5, 5.41) is 50.6. The number of H-pyrrole nitrogens is 1. The number of aliphatic hydroxyl groups excluding tert-OH is 2. The first-order valence-corrected chi connectivity index (χ1v) is 30.6. The van der Waals surface area contributed by atoms with E-state index in [9.17, 15) is 72.5 Å². The van der Waals surface area contributed by atoms with Crippen LogP contribution in [0.5, 0.6) is 0 Å². The Kier molecular flexibility index (Phi) is 25.7. The van der Waals surface area contributed by atoms with Crippen LogP contribution in [0.1, 0.15) is 77.3 Å². The summed E-state index contributed by atoms with van der Waals surface area (Å²) in [6.45, 7) is 2.95. The van der Waals surface area contributed by atoms with Crippen molar-refractivity contribution in [2.45, 2.75) is 132 Å². The van der Waals surface area contributed by atoms with Crippen molar-refractivity contribution in [1.29, 1.82) is 0 Å². The lowest BCUT2D eigenvalue weighted by molar-refractivity contribution is -0.140. The number of aliphatic hydroxyl groups is 2. The van der Waals surface area contributed by atoms with E-state index in [2.05, 4.69) is 76.1 Å². The number of fused-ring (bicyclic) bond motifs is 2. The molecule has 4 heterocycles. The van der Waals surface area contributed by atoms with Crippen molar-refractivity contribution < 1.29 is 72.5 Å². The molecule has 14 N–H and O–H groups in total. The molecular weight excluding hydrogens is 1180 g/mol. The zero-order valence-electron chi connectivity index (χ0n) is 49.5. The molecule has 0 saturated carbocycles. The first kappa shape index (κ1) is 69.0. The minimum absolute atomic E-state index is 0.0631. The van der Waals surface area contributed by atoms with Crippen LogP contribution in [0, 0.1) is 11.8 Å². The number of nitrogens with zero attached hydrogens (tertiary/aromatic N) is 2. The Hall–Kier alpha value is -8.13. The Labute approximate surface area is 517 Å². The number of benzene rings is 2. The van der Waals surface area contributed by atoms with Gasteiger partial charge in [0.05, 0.1) is 67.8 Å². The van der Waals surface area contributed by atoms with Crippen LogP contribution in [-0.4, -0.2) is 202 Å². The number of hydrogen-bond donors (Lipinski definition) is 15. The van der Waals surface area contributed by atoms with Crippen LogP contribution in [0.15, 0.2) is 53.6 Å². The molecule has 0 aliphatic carbocycles. The number of thioether (sulfide) groups is 1. The molecule has 88 heavy (non-hydrogen) atoms. The number of amides is 13. The number of rotatable bonds is 20. The molecule has 6 rings (SSSR count). The Morgan fingerprint density at radius 1 is 0.773 bits per heavy atom. The van der Waals surface area contributed by atoms with Gasteiger partial charge in [-0.1, -0.05) is 57.5 Å². The summed E-state index contributed by atoms with van der Waals surface area (Å²) in [6, 6.07) is 6.94. The van der Waals surface area contributed by atoms with Gasteiger partial charge in [0.2, 0.25) is 76.8 Å². The van der Waals surface area contributed by atoms with E-state index in [1.165, 1.54) is 42.6 Å². The van der Waals surface area contributed by atoms with Gasteiger partial charge in [-0.2, -0.15) is 12.6 Å². The number of thiol groups is 1. The summed E-state index contributed by atoms with van der Waals surface area (Å²) >= 11 is 5.41. The van der Waals surface area contributed by atoms with Gasteiger partial charge in [0.25, 0.3) is 0 Å². The topological polar surface area (TPSA) is 417 Å². The van der Waals surface area contributed by atoms with Crippen LogP contribution >= 0.6 is 24.4 Å². The van der Waals surface area contributed by atoms with Crippen molar-refractivity contribution in [2.24, 2.45) is 11.8 Å². The molecule has 2 unspecified atom stereocenters. The first-order chi connectivity index (χ1) is 41.9. The molecule has 3 aliphatic rings. The lowest BCUT2D eigenvalue weighted by Crippen LogP contribution is -2.62. The van der Waals surface area contributed by atoms with E-state index in [1.807, 2.05) is 30.5 Å². The highest BCUT2D eigenvalue weighted by atomic mass is 32.2. The van der Waals surface area contributed by atoms with Crippen molar-refractivity contribution in [2.75, 3.05) is 57.4 Å². The molecule has 3 aromatic rings. The fourth-order valence-electron chi connectivity index (χ4n) is 10.0. The summed E-state index contributed by atoms with van der Waals surface area (Å²) in [6.07, 6.45) is -0.683. The number of anilines is 1. The highest BCUT2D eigenvalue weighted by Gasteiger charge is 2.41. The number of hydrogen-bond acceptors (Lipinski definition) is 18. The smallest absolute Gasteiger partial charge is 0.246 e. The highest BCUT2D eigenvalue weighted by Crippen LogP contribution is 2.30. The monoisotopic (exact) mass is 1260 g/mol. The summed E-state index contributed by atoms with van der Waals surface area (Å²) < 4.78 is 0. The van der Waals surface area contributed by atoms with Gasteiger partial charge in [-0.3, -0.25) is 72.5 Å². The van der Waals surface area contributed by atoms with Gasteiger partial charge >= 0.3 is 0 Å². The third kappa shape index (κ3) is 19.2. The number of carbonyl (C=O) groups excluding carboxylic acids is 13. The number of likely N-dealkylation sites (tertiary alicyclic amines) is 1. The maximum atomic E-state index is 14.8. The number of carbonyl (C=O) groups is 13. The van der Waals surface area contributed by atoms with Crippen molar-refractivity contribution >= 4 is 118 Å². The van der Waals surface area contributed by atoms with Crippen LogP contribution in [0.25, 0.3) is 10.9 Å². The Bertz CT molecular complexity index is 3090. The third-order valence-corrected chi connectivity index (χ3v) is 16.5. The predicted molar refractivity (Wildman–Crippen MR) is 323 cm³/mol. The van der Waals surface area contributed by atoms with E-state index in [-0.39, 0.29) is 45.3 Å². The predicted octanol–water partition coefficient (Wildman–Crippen LogP) is -3.10. The molecule has 3 saturated heterocycles. The van der Waals surface area contributed by atoms with Crippen molar-refractivity contribution in [3.63, 3.8) is 0 Å². The summed E-state index contributed by atoms with van der Waals surface area (Å²) in [5.74, 6) is -10.7. The molecule has 10 atom stereocenters. The average Bonchev–Trinajstić information content (AvgIpc) is 3.15. The lowest BCUT2D eigenvalue weighted by atomic mass is 9.94. The fourth-order valence-corrected chi connectivity index (χ4v) is 11.0. The first-order valence-electron chi connectivity index (χ1n) is 28.9. The van der Waals surface area contributed by atoms with E-state index in [0.29, 0.717) is 34.7 Å². The highest BCUT2D eigenvalue weighted by molar-refractivity contribution is 7.98. The number of aromatic nitrogens is 1. The quantitative estimate of drug-likeness (QED) is 0.0303. The molecule has 3 aliphatic heterocycles. The average molecular weight is 1260 g/mol. The van der Waals surface area contributed by atoms with E-state index in [0.717, 1.165) is 15.8 Å². The van der Waals surface area contributed by atoms with Gasteiger partial charge < -0.3 is 73.3 Å². The normalized spacial score (nSPS) is 22.6. The second-order valence-electron chi connectivity index (χ2n) is 21.7. The number of nitrogens with one attached hydrogen (secondary N) is 12. The summed E-state index contributed by atoms with van der Waals surface area (Å²) in [5.41, 5.74) is 2.27. The van der Waals surface area contributed by atoms with Gasteiger partial charge in [-0.25, -0.2) is 0 Å². The molecular formula is C57H78N14O15S2. The summed E-state index contributed by atoms with van der Waals surface area (Å²) in [4.78, 5) is 179. The van der Waals surface area contributed by atoms with Gasteiger partial charge in [0.1, 0.15) is 24.2 Å². The van der Waals surface area contributed by atoms with Gasteiger partial charge in [0.15, 0.2) is 0 Å². The Morgan fingerprint density at radius 2 is 1.45 bits per heavy atom. The van der Waals surface area contributed by atoms with Crippen LogP contribution < -0.4 is 58.5 Å². The molecule has 1 aromatic heterocycles. The number of para-hydroxylation sites is 1. The summed E-state index contributed by atoms with van der Waals surface area (Å²) in [7, 11) is 0. The Morgan fingerprint density at radius 3 is 2.14 bits per heavy atom. The molecule has 0 bridgehead atoms. The molecule has 29 nitrogen and oxygen atoms in total. The van der Waals surface area contributed by atoms with Gasteiger partial charge in [-0.05, 0) is 61.3 Å².